The number of imidazole rings is 1. The van der Waals surface area contributed by atoms with Crippen LogP contribution >= 0.6 is 0 Å². The van der Waals surface area contributed by atoms with Crippen LogP contribution in [0.4, 0.5) is 4.39 Å². The topological polar surface area (TPSA) is 29.9 Å². The Morgan fingerprint density at radius 3 is 2.79 bits per heavy atom. The molecule has 0 amide bonds. The first-order chi connectivity index (χ1) is 9.08. The van der Waals surface area contributed by atoms with Gasteiger partial charge in [0.15, 0.2) is 0 Å². The lowest BCUT2D eigenvalue weighted by Gasteiger charge is -2.16. The van der Waals surface area contributed by atoms with Crippen molar-refractivity contribution in [1.29, 1.82) is 0 Å². The van der Waals surface area contributed by atoms with Crippen LogP contribution in [0.1, 0.15) is 44.1 Å². The molecule has 0 saturated carbocycles. The lowest BCUT2D eigenvalue weighted by Crippen LogP contribution is -2.20. The summed E-state index contributed by atoms with van der Waals surface area (Å²) in [5.41, 5.74) is 2.09. The fourth-order valence-corrected chi connectivity index (χ4v) is 2.09. The van der Waals surface area contributed by atoms with Crippen molar-refractivity contribution in [3.63, 3.8) is 0 Å². The summed E-state index contributed by atoms with van der Waals surface area (Å²) in [7, 11) is 0. The molecule has 102 valence electrons. The van der Waals surface area contributed by atoms with Gasteiger partial charge in [-0.15, -0.1) is 0 Å². The molecule has 2 aromatic rings. The maximum Gasteiger partial charge on any atom is 0.123 e. The van der Waals surface area contributed by atoms with E-state index in [-0.39, 0.29) is 11.9 Å². The van der Waals surface area contributed by atoms with Gasteiger partial charge in [0.05, 0.1) is 12.0 Å². The molecule has 1 N–H and O–H groups in total. The number of halogens is 1. The maximum atomic E-state index is 13.2. The number of aromatic nitrogens is 2. The van der Waals surface area contributed by atoms with E-state index in [0.29, 0.717) is 6.04 Å². The molecule has 0 fully saturated rings. The molecule has 0 aliphatic heterocycles. The van der Waals surface area contributed by atoms with Gasteiger partial charge in [0.2, 0.25) is 0 Å². The molecule has 0 radical (unpaired) electrons. The van der Waals surface area contributed by atoms with E-state index in [1.165, 1.54) is 6.07 Å². The van der Waals surface area contributed by atoms with Gasteiger partial charge in [-0.2, -0.15) is 0 Å². The fourth-order valence-electron chi connectivity index (χ4n) is 2.09. The SMILES string of the molecule is CC(C)n1cncc1CN[C@H](C)c1cccc(F)c1. The Morgan fingerprint density at radius 1 is 1.32 bits per heavy atom. The summed E-state index contributed by atoms with van der Waals surface area (Å²) >= 11 is 0. The largest absolute Gasteiger partial charge is 0.331 e. The third-order valence-electron chi connectivity index (χ3n) is 3.24. The highest BCUT2D eigenvalue weighted by Crippen LogP contribution is 2.15. The molecule has 3 nitrogen and oxygen atoms in total. The standard InChI is InChI=1S/C15H20FN3/c1-11(2)19-10-17-8-15(19)9-18-12(3)13-5-4-6-14(16)7-13/h4-8,10-12,18H,9H2,1-3H3/t12-/m1/s1. The fraction of sp³-hybridized carbons (Fsp3) is 0.400. The highest BCUT2D eigenvalue weighted by Gasteiger charge is 2.09. The number of hydrogen-bond donors (Lipinski definition) is 1. The van der Waals surface area contributed by atoms with Crippen molar-refractivity contribution in [3.8, 4) is 0 Å². The van der Waals surface area contributed by atoms with Crippen molar-refractivity contribution in [3.05, 3.63) is 53.9 Å². The molecule has 1 atom stereocenters. The first kappa shape index (κ1) is 13.7. The van der Waals surface area contributed by atoms with Crippen LogP contribution in [0.5, 0.6) is 0 Å². The number of hydrogen-bond acceptors (Lipinski definition) is 2. The van der Waals surface area contributed by atoms with Gasteiger partial charge in [-0.05, 0) is 38.5 Å². The van der Waals surface area contributed by atoms with E-state index in [4.69, 9.17) is 0 Å². The second kappa shape index (κ2) is 5.97. The van der Waals surface area contributed by atoms with Gasteiger partial charge in [0.1, 0.15) is 5.82 Å². The molecule has 19 heavy (non-hydrogen) atoms. The molecule has 1 aromatic heterocycles. The highest BCUT2D eigenvalue weighted by atomic mass is 19.1. The molecule has 1 aromatic carbocycles. The van der Waals surface area contributed by atoms with Crippen LogP contribution in [0, 0.1) is 5.82 Å². The molecular weight excluding hydrogens is 241 g/mol. The number of benzene rings is 1. The van der Waals surface area contributed by atoms with Gasteiger partial charge >= 0.3 is 0 Å². The first-order valence-electron chi connectivity index (χ1n) is 6.57. The average molecular weight is 261 g/mol. The zero-order valence-electron chi connectivity index (χ0n) is 11.6. The zero-order chi connectivity index (χ0) is 13.8. The summed E-state index contributed by atoms with van der Waals surface area (Å²) in [4.78, 5) is 4.17. The number of rotatable bonds is 5. The molecular formula is C15H20FN3. The monoisotopic (exact) mass is 261 g/mol. The molecule has 0 aliphatic rings. The van der Waals surface area contributed by atoms with Gasteiger partial charge < -0.3 is 9.88 Å². The lowest BCUT2D eigenvalue weighted by atomic mass is 10.1. The van der Waals surface area contributed by atoms with Gasteiger partial charge in [-0.3, -0.25) is 0 Å². The van der Waals surface area contributed by atoms with Crippen molar-refractivity contribution in [2.24, 2.45) is 0 Å². The van der Waals surface area contributed by atoms with Gasteiger partial charge in [-0.1, -0.05) is 12.1 Å². The van der Waals surface area contributed by atoms with Crippen LogP contribution in [0.2, 0.25) is 0 Å². The predicted molar refractivity (Wildman–Crippen MR) is 74.3 cm³/mol. The Hall–Kier alpha value is -1.68. The third kappa shape index (κ3) is 3.41. The Kier molecular flexibility index (Phi) is 4.32. The van der Waals surface area contributed by atoms with E-state index in [1.54, 1.807) is 12.1 Å². The van der Waals surface area contributed by atoms with E-state index in [0.717, 1.165) is 17.8 Å². The van der Waals surface area contributed by atoms with Gasteiger partial charge in [-0.25, -0.2) is 9.37 Å². The summed E-state index contributed by atoms with van der Waals surface area (Å²) in [6, 6.07) is 7.19. The van der Waals surface area contributed by atoms with Crippen molar-refractivity contribution in [2.75, 3.05) is 0 Å². The quantitative estimate of drug-likeness (QED) is 0.893. The summed E-state index contributed by atoms with van der Waals surface area (Å²) in [5, 5.41) is 3.40. The number of nitrogens with one attached hydrogen (secondary N) is 1. The smallest absolute Gasteiger partial charge is 0.123 e. The molecule has 4 heteroatoms. The summed E-state index contributed by atoms with van der Waals surface area (Å²) in [6.07, 6.45) is 3.71. The van der Waals surface area contributed by atoms with Crippen LogP contribution < -0.4 is 5.32 Å². The van der Waals surface area contributed by atoms with Crippen molar-refractivity contribution in [1.82, 2.24) is 14.9 Å². The van der Waals surface area contributed by atoms with E-state index >= 15 is 0 Å². The van der Waals surface area contributed by atoms with E-state index in [1.807, 2.05) is 25.5 Å². The Morgan fingerprint density at radius 2 is 2.11 bits per heavy atom. The third-order valence-corrected chi connectivity index (χ3v) is 3.24. The summed E-state index contributed by atoms with van der Waals surface area (Å²) < 4.78 is 15.3. The van der Waals surface area contributed by atoms with Crippen molar-refractivity contribution in [2.45, 2.75) is 39.4 Å². The molecule has 0 saturated heterocycles. The van der Waals surface area contributed by atoms with Gasteiger partial charge in [0.25, 0.3) is 0 Å². The number of nitrogens with zero attached hydrogens (tertiary/aromatic N) is 2. The maximum absolute atomic E-state index is 13.2. The minimum Gasteiger partial charge on any atom is -0.331 e. The zero-order valence-corrected chi connectivity index (χ0v) is 11.6. The van der Waals surface area contributed by atoms with Crippen LogP contribution in [0.3, 0.4) is 0 Å². The summed E-state index contributed by atoms with van der Waals surface area (Å²) in [5.74, 6) is -0.196. The predicted octanol–water partition coefficient (Wildman–Crippen LogP) is 3.45. The second-order valence-electron chi connectivity index (χ2n) is 5.04. The molecule has 0 bridgehead atoms. The molecule has 0 spiro atoms. The lowest BCUT2D eigenvalue weighted by molar-refractivity contribution is 0.516. The first-order valence-corrected chi connectivity index (χ1v) is 6.57. The van der Waals surface area contributed by atoms with Crippen LogP contribution in [0.15, 0.2) is 36.8 Å². The van der Waals surface area contributed by atoms with E-state index < -0.39 is 0 Å². The van der Waals surface area contributed by atoms with Crippen LogP contribution in [-0.2, 0) is 6.54 Å². The second-order valence-corrected chi connectivity index (χ2v) is 5.04. The minimum atomic E-state index is -0.196. The molecule has 1 heterocycles. The summed E-state index contributed by atoms with van der Waals surface area (Å²) in [6.45, 7) is 7.00. The highest BCUT2D eigenvalue weighted by molar-refractivity contribution is 5.19. The average Bonchev–Trinajstić information content (AvgIpc) is 2.84. The Balaban J connectivity index is 2.00. The van der Waals surface area contributed by atoms with E-state index in [9.17, 15) is 4.39 Å². The minimum absolute atomic E-state index is 0.103. The molecule has 2 rings (SSSR count). The van der Waals surface area contributed by atoms with E-state index in [2.05, 4.69) is 28.7 Å². The van der Waals surface area contributed by atoms with Crippen molar-refractivity contribution >= 4 is 0 Å². The van der Waals surface area contributed by atoms with Crippen LogP contribution in [-0.4, -0.2) is 9.55 Å². The van der Waals surface area contributed by atoms with Gasteiger partial charge in [0, 0.05) is 24.8 Å². The molecule has 0 aliphatic carbocycles. The van der Waals surface area contributed by atoms with Crippen LogP contribution in [0.25, 0.3) is 0 Å². The normalized spacial score (nSPS) is 12.9. The molecule has 0 unspecified atom stereocenters. The van der Waals surface area contributed by atoms with Crippen molar-refractivity contribution < 1.29 is 4.39 Å². The Labute approximate surface area is 113 Å². The Bertz CT molecular complexity index is 534.